The Bertz CT molecular complexity index is 1640. The minimum atomic E-state index is -0.351. The van der Waals surface area contributed by atoms with E-state index < -0.39 is 0 Å². The van der Waals surface area contributed by atoms with Crippen molar-refractivity contribution in [3.8, 4) is 34.2 Å². The average Bonchev–Trinajstić information content (AvgIpc) is 3.39. The quantitative estimate of drug-likeness (QED) is 0.199. The first-order chi connectivity index (χ1) is 21.9. The van der Waals surface area contributed by atoms with Crippen molar-refractivity contribution in [3.63, 3.8) is 0 Å². The van der Waals surface area contributed by atoms with Crippen LogP contribution < -0.4 is 24.4 Å². The Morgan fingerprint density at radius 3 is 2.38 bits per heavy atom. The number of carbonyl (C=O) groups is 2. The number of aromatic nitrogens is 2. The van der Waals surface area contributed by atoms with Gasteiger partial charge in [0.05, 0.1) is 43.7 Å². The van der Waals surface area contributed by atoms with E-state index in [9.17, 15) is 9.59 Å². The Balaban J connectivity index is 1.73. The van der Waals surface area contributed by atoms with Gasteiger partial charge in [0.1, 0.15) is 18.1 Å². The van der Waals surface area contributed by atoms with E-state index in [1.165, 1.54) is 16.7 Å². The molecular weight excluding hydrogens is 616 g/mol. The van der Waals surface area contributed by atoms with Crippen molar-refractivity contribution in [3.05, 3.63) is 82.9 Å². The van der Waals surface area contributed by atoms with Crippen LogP contribution in [0.1, 0.15) is 22.8 Å². The Morgan fingerprint density at radius 1 is 0.978 bits per heavy atom. The molecule has 1 atom stereocenters. The van der Waals surface area contributed by atoms with E-state index in [0.717, 1.165) is 16.7 Å². The fraction of sp³-hybridized carbons (Fsp3) is 0.303. The summed E-state index contributed by atoms with van der Waals surface area (Å²) in [7, 11) is 6.39. The highest BCUT2D eigenvalue weighted by atomic mass is 35.5. The number of hydrogen-bond acceptors (Lipinski definition) is 8. The maximum Gasteiger partial charge on any atom is 0.240 e. The Labute approximate surface area is 271 Å². The molecule has 12 heteroatoms. The topological polar surface area (TPSA) is 104 Å². The largest absolute Gasteiger partial charge is 0.497 e. The second kappa shape index (κ2) is 14.7. The lowest BCUT2D eigenvalue weighted by Gasteiger charge is -2.23. The average molecular weight is 651 g/mol. The lowest BCUT2D eigenvalue weighted by Crippen LogP contribution is -2.42. The SMILES string of the molecule is COCCCNC(=O)CN1C(=O)CSC(c2ccc(OC)c(OC)c2)c2c(-c3ccc(Cl)cc3)nn(-c3ccc(OC)cc3)c21. The van der Waals surface area contributed by atoms with E-state index in [-0.39, 0.29) is 29.4 Å². The summed E-state index contributed by atoms with van der Waals surface area (Å²) in [6.07, 6.45) is 0.656. The number of amides is 2. The van der Waals surface area contributed by atoms with Crippen LogP contribution in [0.15, 0.2) is 66.7 Å². The first kappa shape index (κ1) is 32.2. The van der Waals surface area contributed by atoms with Crippen LogP contribution in [0.4, 0.5) is 5.82 Å². The summed E-state index contributed by atoms with van der Waals surface area (Å²) in [5.74, 6) is 1.98. The van der Waals surface area contributed by atoms with Crippen LogP contribution in [0.25, 0.3) is 16.9 Å². The predicted octanol–water partition coefficient (Wildman–Crippen LogP) is 5.54. The van der Waals surface area contributed by atoms with Gasteiger partial charge in [-0.15, -0.1) is 11.8 Å². The van der Waals surface area contributed by atoms with Gasteiger partial charge in [-0.3, -0.25) is 14.5 Å². The molecule has 5 rings (SSSR count). The lowest BCUT2D eigenvalue weighted by atomic mass is 9.99. The van der Waals surface area contributed by atoms with E-state index in [4.69, 9.17) is 35.6 Å². The van der Waals surface area contributed by atoms with Crippen molar-refractivity contribution in [2.75, 3.05) is 58.8 Å². The van der Waals surface area contributed by atoms with Crippen molar-refractivity contribution in [1.29, 1.82) is 0 Å². The molecular formula is C33H35ClN4O6S. The third-order valence-corrected chi connectivity index (χ3v) is 8.89. The number of fused-ring (bicyclic) bond motifs is 1. The van der Waals surface area contributed by atoms with Crippen molar-refractivity contribution in [2.24, 2.45) is 0 Å². The molecule has 0 saturated heterocycles. The second-order valence-electron chi connectivity index (χ2n) is 10.2. The summed E-state index contributed by atoms with van der Waals surface area (Å²) in [5, 5.41) is 8.27. The number of benzene rings is 3. The highest BCUT2D eigenvalue weighted by molar-refractivity contribution is 8.00. The second-order valence-corrected chi connectivity index (χ2v) is 11.7. The van der Waals surface area contributed by atoms with Crippen LogP contribution in [-0.2, 0) is 14.3 Å². The molecule has 1 aromatic heterocycles. The molecule has 236 valence electrons. The molecule has 2 amide bonds. The molecule has 1 N–H and O–H groups in total. The molecule has 1 aliphatic rings. The highest BCUT2D eigenvalue weighted by Gasteiger charge is 2.38. The van der Waals surface area contributed by atoms with E-state index in [2.05, 4.69) is 5.32 Å². The number of rotatable bonds is 12. The van der Waals surface area contributed by atoms with Gasteiger partial charge < -0.3 is 24.3 Å². The maximum atomic E-state index is 13.9. The number of nitrogens with one attached hydrogen (secondary N) is 1. The molecule has 0 aliphatic carbocycles. The predicted molar refractivity (Wildman–Crippen MR) is 176 cm³/mol. The third-order valence-electron chi connectivity index (χ3n) is 7.38. The van der Waals surface area contributed by atoms with Gasteiger partial charge in [-0.2, -0.15) is 5.10 Å². The summed E-state index contributed by atoms with van der Waals surface area (Å²) in [6, 6.07) is 20.5. The minimum Gasteiger partial charge on any atom is -0.497 e. The first-order valence-corrected chi connectivity index (χ1v) is 15.7. The maximum absolute atomic E-state index is 13.9. The van der Waals surface area contributed by atoms with Crippen molar-refractivity contribution in [2.45, 2.75) is 11.7 Å². The normalized spacial score (nSPS) is 14.5. The number of ether oxygens (including phenoxy) is 4. The van der Waals surface area contributed by atoms with Crippen LogP contribution in [-0.4, -0.2) is 75.5 Å². The van der Waals surface area contributed by atoms with Gasteiger partial charge >= 0.3 is 0 Å². The van der Waals surface area contributed by atoms with Gasteiger partial charge in [0.2, 0.25) is 11.8 Å². The minimum absolute atomic E-state index is 0.132. The summed E-state index contributed by atoms with van der Waals surface area (Å²) >= 11 is 7.74. The summed E-state index contributed by atoms with van der Waals surface area (Å²) in [4.78, 5) is 28.7. The standard InChI is InChI=1S/C33H35ClN4O6S/c1-41-17-5-16-35-28(39)19-37-29(40)20-45-32(22-8-15-26(43-3)27(18-22)44-4)30-31(21-6-9-23(34)10-7-21)36-38(33(30)37)24-11-13-25(42-2)14-12-24/h6-15,18,32H,5,16-17,19-20H2,1-4H3,(H,35,39). The van der Waals surface area contributed by atoms with Crippen LogP contribution >= 0.6 is 23.4 Å². The third kappa shape index (κ3) is 7.06. The summed E-state index contributed by atoms with van der Waals surface area (Å²) < 4.78 is 23.4. The molecule has 10 nitrogen and oxygen atoms in total. The highest BCUT2D eigenvalue weighted by Crippen LogP contribution is 2.49. The molecule has 2 heterocycles. The zero-order valence-electron chi connectivity index (χ0n) is 25.5. The van der Waals surface area contributed by atoms with Gasteiger partial charge in [0.15, 0.2) is 11.5 Å². The lowest BCUT2D eigenvalue weighted by molar-refractivity contribution is -0.122. The van der Waals surface area contributed by atoms with Crippen molar-refractivity contribution < 1.29 is 28.5 Å². The molecule has 0 fully saturated rings. The van der Waals surface area contributed by atoms with E-state index in [1.54, 1.807) is 45.3 Å². The molecule has 45 heavy (non-hydrogen) atoms. The zero-order valence-corrected chi connectivity index (χ0v) is 27.1. The van der Waals surface area contributed by atoms with E-state index >= 15 is 0 Å². The van der Waals surface area contributed by atoms with Crippen molar-refractivity contribution in [1.82, 2.24) is 15.1 Å². The number of thioether (sulfide) groups is 1. The molecule has 1 aliphatic heterocycles. The first-order valence-electron chi connectivity index (χ1n) is 14.3. The smallest absolute Gasteiger partial charge is 0.240 e. The summed E-state index contributed by atoms with van der Waals surface area (Å²) in [5.41, 5.74) is 3.84. The molecule has 1 unspecified atom stereocenters. The number of hydrogen-bond donors (Lipinski definition) is 1. The Hall–Kier alpha value is -4.19. The molecule has 4 aromatic rings. The fourth-order valence-electron chi connectivity index (χ4n) is 5.17. The molecule has 0 saturated carbocycles. The monoisotopic (exact) mass is 650 g/mol. The van der Waals surface area contributed by atoms with Crippen LogP contribution in [0, 0.1) is 0 Å². The summed E-state index contributed by atoms with van der Waals surface area (Å²) in [6.45, 7) is 0.768. The number of carbonyl (C=O) groups excluding carboxylic acids is 2. The Kier molecular flexibility index (Phi) is 10.5. The van der Waals surface area contributed by atoms with Gasteiger partial charge in [0.25, 0.3) is 0 Å². The van der Waals surface area contributed by atoms with Crippen LogP contribution in [0.5, 0.6) is 17.2 Å². The number of methoxy groups -OCH3 is 4. The van der Waals surface area contributed by atoms with E-state index in [1.807, 2.05) is 54.6 Å². The molecule has 0 radical (unpaired) electrons. The zero-order chi connectivity index (χ0) is 31.9. The van der Waals surface area contributed by atoms with Gasteiger partial charge in [0, 0.05) is 36.4 Å². The molecule has 0 bridgehead atoms. The molecule has 3 aromatic carbocycles. The van der Waals surface area contributed by atoms with Crippen LogP contribution in [0.3, 0.4) is 0 Å². The Morgan fingerprint density at radius 2 is 1.71 bits per heavy atom. The van der Waals surface area contributed by atoms with E-state index in [0.29, 0.717) is 59.0 Å². The van der Waals surface area contributed by atoms with Crippen molar-refractivity contribution >= 4 is 41.0 Å². The van der Waals surface area contributed by atoms with Gasteiger partial charge in [-0.25, -0.2) is 4.68 Å². The number of anilines is 1. The molecule has 0 spiro atoms. The number of halogens is 1. The number of nitrogens with zero attached hydrogens (tertiary/aromatic N) is 3. The van der Waals surface area contributed by atoms with Gasteiger partial charge in [-0.05, 0) is 60.5 Å². The van der Waals surface area contributed by atoms with Crippen LogP contribution in [0.2, 0.25) is 5.02 Å². The fourth-order valence-corrected chi connectivity index (χ4v) is 6.48. The van der Waals surface area contributed by atoms with Gasteiger partial charge in [-0.1, -0.05) is 29.8 Å².